The largest absolute Gasteiger partial charge is 0.380 e. The van der Waals surface area contributed by atoms with Gasteiger partial charge in [0.25, 0.3) is 0 Å². The predicted octanol–water partition coefficient (Wildman–Crippen LogP) is 2.89. The maximum Gasteiger partial charge on any atom is 0.191 e. The minimum absolute atomic E-state index is 0. The first-order valence-electron chi connectivity index (χ1n) is 7.63. The molecule has 1 aliphatic carbocycles. The molecule has 4 nitrogen and oxygen atoms in total. The summed E-state index contributed by atoms with van der Waals surface area (Å²) in [6.45, 7) is 6.75. The molecule has 0 aromatic heterocycles. The van der Waals surface area contributed by atoms with E-state index in [9.17, 15) is 4.39 Å². The minimum Gasteiger partial charge on any atom is -0.380 e. The van der Waals surface area contributed by atoms with Gasteiger partial charge in [0.05, 0.1) is 13.2 Å². The number of hydrogen-bond donors (Lipinski definition) is 2. The Bertz CT molecular complexity index is 484. The molecule has 1 saturated carbocycles. The molecule has 0 radical (unpaired) electrons. The number of guanidine groups is 1. The third kappa shape index (κ3) is 5.72. The first-order chi connectivity index (χ1) is 10.3. The Labute approximate surface area is 148 Å². The number of rotatable bonds is 7. The van der Waals surface area contributed by atoms with E-state index >= 15 is 0 Å². The highest BCUT2D eigenvalue weighted by Gasteiger charge is 2.40. The Morgan fingerprint density at radius 2 is 2.14 bits per heavy atom. The highest BCUT2D eigenvalue weighted by Crippen LogP contribution is 2.41. The Morgan fingerprint density at radius 3 is 2.82 bits per heavy atom. The quantitative estimate of drug-likeness (QED) is 0.308. The van der Waals surface area contributed by atoms with Gasteiger partial charge in [-0.1, -0.05) is 18.2 Å². The second-order valence-corrected chi connectivity index (χ2v) is 5.07. The van der Waals surface area contributed by atoms with E-state index in [0.29, 0.717) is 19.8 Å². The summed E-state index contributed by atoms with van der Waals surface area (Å²) in [6, 6.07) is 7.25. The van der Waals surface area contributed by atoms with Gasteiger partial charge in [-0.15, -0.1) is 24.0 Å². The molecular formula is C16H25FIN3O. The van der Waals surface area contributed by atoms with Gasteiger partial charge >= 0.3 is 0 Å². The fraction of sp³-hybridized carbons (Fsp3) is 0.562. The van der Waals surface area contributed by atoms with Gasteiger partial charge in [0.15, 0.2) is 5.96 Å². The van der Waals surface area contributed by atoms with Gasteiger partial charge in [0.2, 0.25) is 0 Å². The second kappa shape index (κ2) is 9.99. The smallest absolute Gasteiger partial charge is 0.191 e. The number of benzene rings is 1. The lowest BCUT2D eigenvalue weighted by Gasteiger charge is -2.11. The summed E-state index contributed by atoms with van der Waals surface area (Å²) < 4.78 is 19.0. The molecular weight excluding hydrogens is 396 g/mol. The Morgan fingerprint density at radius 1 is 1.36 bits per heavy atom. The molecule has 2 rings (SSSR count). The minimum atomic E-state index is -0.120. The fourth-order valence-electron chi connectivity index (χ4n) is 2.34. The third-order valence-corrected chi connectivity index (χ3v) is 3.47. The van der Waals surface area contributed by atoms with E-state index in [0.717, 1.165) is 24.5 Å². The summed E-state index contributed by atoms with van der Waals surface area (Å²) in [7, 11) is 0. The third-order valence-electron chi connectivity index (χ3n) is 3.47. The molecule has 2 atom stereocenters. The first kappa shape index (κ1) is 19.2. The lowest BCUT2D eigenvalue weighted by molar-refractivity contribution is 0.155. The van der Waals surface area contributed by atoms with Crippen LogP contribution in [0.2, 0.25) is 0 Å². The summed E-state index contributed by atoms with van der Waals surface area (Å²) >= 11 is 0. The van der Waals surface area contributed by atoms with E-state index in [1.54, 1.807) is 6.07 Å². The van der Waals surface area contributed by atoms with Crippen LogP contribution in [0.15, 0.2) is 29.3 Å². The van der Waals surface area contributed by atoms with Crippen LogP contribution >= 0.6 is 24.0 Å². The number of halogens is 2. The van der Waals surface area contributed by atoms with Crippen molar-refractivity contribution in [3.63, 3.8) is 0 Å². The van der Waals surface area contributed by atoms with Gasteiger partial charge in [0, 0.05) is 25.1 Å². The molecule has 1 fully saturated rings. The van der Waals surface area contributed by atoms with Crippen LogP contribution in [0.1, 0.15) is 31.7 Å². The van der Waals surface area contributed by atoms with Crippen molar-refractivity contribution in [1.82, 2.24) is 10.6 Å². The summed E-state index contributed by atoms with van der Waals surface area (Å²) in [5.41, 5.74) is 0.792. The highest BCUT2D eigenvalue weighted by atomic mass is 127. The standard InChI is InChI=1S/C16H24FN3O.HI/c1-3-18-16(19-9-10-21-4-2)20-15-11-13(15)12-7-5-6-8-14(12)17;/h5-8,13,15H,3-4,9-11H2,1-2H3,(H2,18,19,20);1H. The van der Waals surface area contributed by atoms with Crippen molar-refractivity contribution < 1.29 is 9.13 Å². The molecule has 1 aromatic carbocycles. The lowest BCUT2D eigenvalue weighted by atomic mass is 10.1. The summed E-state index contributed by atoms with van der Waals surface area (Å²) in [4.78, 5) is 4.46. The van der Waals surface area contributed by atoms with Gasteiger partial charge < -0.3 is 15.4 Å². The normalized spacial score (nSPS) is 20.2. The van der Waals surface area contributed by atoms with Crippen molar-refractivity contribution in [1.29, 1.82) is 0 Å². The molecule has 0 amide bonds. The highest BCUT2D eigenvalue weighted by molar-refractivity contribution is 14.0. The molecule has 0 bridgehead atoms. The number of ether oxygens (including phenoxy) is 1. The van der Waals surface area contributed by atoms with Crippen molar-refractivity contribution in [3.05, 3.63) is 35.6 Å². The molecule has 0 saturated heterocycles. The summed E-state index contributed by atoms with van der Waals surface area (Å²) in [6.07, 6.45) is 0.941. The Kier molecular flexibility index (Phi) is 8.70. The van der Waals surface area contributed by atoms with Crippen LogP contribution in [0.4, 0.5) is 4.39 Å². The van der Waals surface area contributed by atoms with Crippen molar-refractivity contribution in [2.45, 2.75) is 32.2 Å². The summed E-state index contributed by atoms with van der Waals surface area (Å²) in [5.74, 6) is 0.896. The van der Waals surface area contributed by atoms with Crippen LogP contribution in [-0.2, 0) is 4.74 Å². The second-order valence-electron chi connectivity index (χ2n) is 5.07. The molecule has 2 N–H and O–H groups in total. The van der Waals surface area contributed by atoms with Crippen molar-refractivity contribution in [2.24, 2.45) is 4.99 Å². The average Bonchev–Trinajstić information content (AvgIpc) is 3.23. The molecule has 124 valence electrons. The van der Waals surface area contributed by atoms with Crippen LogP contribution < -0.4 is 10.6 Å². The zero-order valence-corrected chi connectivity index (χ0v) is 15.5. The Balaban J connectivity index is 0.00000242. The van der Waals surface area contributed by atoms with Gasteiger partial charge in [0.1, 0.15) is 5.82 Å². The monoisotopic (exact) mass is 421 g/mol. The van der Waals surface area contributed by atoms with E-state index in [4.69, 9.17) is 4.74 Å². The van der Waals surface area contributed by atoms with E-state index in [2.05, 4.69) is 15.6 Å². The maximum absolute atomic E-state index is 13.7. The Hall–Kier alpha value is -0.890. The van der Waals surface area contributed by atoms with Crippen LogP contribution in [0.5, 0.6) is 0 Å². The molecule has 0 spiro atoms. The van der Waals surface area contributed by atoms with Gasteiger partial charge in [-0.05, 0) is 31.9 Å². The first-order valence-corrected chi connectivity index (χ1v) is 7.63. The van der Waals surface area contributed by atoms with E-state index in [1.165, 1.54) is 6.07 Å². The molecule has 2 unspecified atom stereocenters. The van der Waals surface area contributed by atoms with Crippen molar-refractivity contribution in [3.8, 4) is 0 Å². The van der Waals surface area contributed by atoms with Crippen molar-refractivity contribution >= 4 is 29.9 Å². The fourth-order valence-corrected chi connectivity index (χ4v) is 2.34. The van der Waals surface area contributed by atoms with E-state index < -0.39 is 0 Å². The van der Waals surface area contributed by atoms with Gasteiger partial charge in [-0.25, -0.2) is 4.39 Å². The SMILES string of the molecule is CCNC(=NCCOCC)NC1CC1c1ccccc1F.I. The zero-order chi connectivity index (χ0) is 15.1. The topological polar surface area (TPSA) is 45.7 Å². The van der Waals surface area contributed by atoms with E-state index in [-0.39, 0.29) is 41.8 Å². The predicted molar refractivity (Wildman–Crippen MR) is 98.6 cm³/mol. The number of aliphatic imine (C=N–C) groups is 1. The van der Waals surface area contributed by atoms with Crippen LogP contribution in [0.25, 0.3) is 0 Å². The van der Waals surface area contributed by atoms with Crippen LogP contribution in [-0.4, -0.2) is 38.3 Å². The molecule has 0 aliphatic heterocycles. The molecule has 6 heteroatoms. The van der Waals surface area contributed by atoms with Gasteiger partial charge in [-0.2, -0.15) is 0 Å². The zero-order valence-electron chi connectivity index (χ0n) is 13.1. The number of nitrogens with zero attached hydrogens (tertiary/aromatic N) is 1. The lowest BCUT2D eigenvalue weighted by Crippen LogP contribution is -2.39. The number of nitrogens with one attached hydrogen (secondary N) is 2. The van der Waals surface area contributed by atoms with Crippen molar-refractivity contribution in [2.75, 3.05) is 26.3 Å². The van der Waals surface area contributed by atoms with E-state index in [1.807, 2.05) is 26.0 Å². The van der Waals surface area contributed by atoms with Crippen LogP contribution in [0, 0.1) is 5.82 Å². The maximum atomic E-state index is 13.7. The number of hydrogen-bond acceptors (Lipinski definition) is 2. The molecule has 1 aromatic rings. The molecule has 0 heterocycles. The van der Waals surface area contributed by atoms with Crippen LogP contribution in [0.3, 0.4) is 0 Å². The molecule has 22 heavy (non-hydrogen) atoms. The average molecular weight is 421 g/mol. The summed E-state index contributed by atoms with van der Waals surface area (Å²) in [5, 5.41) is 6.57. The molecule has 1 aliphatic rings. The van der Waals surface area contributed by atoms with Gasteiger partial charge in [-0.3, -0.25) is 4.99 Å².